The van der Waals surface area contributed by atoms with Crippen molar-refractivity contribution in [2.45, 2.75) is 238 Å². The van der Waals surface area contributed by atoms with Crippen LogP contribution in [0.4, 0.5) is 0 Å². The molecule has 0 saturated heterocycles. The number of phosphoric ester groups is 1. The number of likely N-dealkylation sites (N-methyl/N-ethyl adjacent to an activating group) is 1. The third-order valence-electron chi connectivity index (χ3n) is 12.2. The Morgan fingerprint density at radius 3 is 1.31 bits per heavy atom. The predicted molar refractivity (Wildman–Crippen MR) is 306 cm³/mol. The molecule has 0 spiro atoms. The number of unbranched alkanes of at least 4 members (excludes halogenated alkanes) is 22. The number of amides is 1. The van der Waals surface area contributed by atoms with Crippen LogP contribution >= 0.6 is 7.82 Å². The van der Waals surface area contributed by atoms with Gasteiger partial charge >= 0.3 is 0 Å². The van der Waals surface area contributed by atoms with Crippen molar-refractivity contribution >= 4 is 13.7 Å². The second-order valence-corrected chi connectivity index (χ2v) is 21.7. The summed E-state index contributed by atoms with van der Waals surface area (Å²) in [5.74, 6) is -0.212. The Hall–Kier alpha value is -2.84. The quantitative estimate of drug-likeness (QED) is 0.0272. The number of allylic oxidation sites excluding steroid dienone is 17. The van der Waals surface area contributed by atoms with E-state index in [1.54, 1.807) is 6.08 Å². The van der Waals surface area contributed by atoms with Crippen molar-refractivity contribution in [1.82, 2.24) is 5.32 Å². The molecule has 0 radical (unpaired) electrons. The van der Waals surface area contributed by atoms with Crippen molar-refractivity contribution < 1.29 is 32.9 Å². The van der Waals surface area contributed by atoms with Crippen LogP contribution in [0.5, 0.6) is 0 Å². The van der Waals surface area contributed by atoms with Crippen LogP contribution in [0, 0.1) is 0 Å². The monoisotopic (exact) mass is 1010 g/mol. The molecule has 0 aromatic heterocycles. The van der Waals surface area contributed by atoms with Gasteiger partial charge in [-0.2, -0.15) is 0 Å². The summed E-state index contributed by atoms with van der Waals surface area (Å²) in [4.78, 5) is 25.4. The second kappa shape index (κ2) is 52.0. The van der Waals surface area contributed by atoms with Gasteiger partial charge in [0.15, 0.2) is 0 Å². The number of phosphoric acid groups is 1. The largest absolute Gasteiger partial charge is 0.756 e. The fourth-order valence-corrected chi connectivity index (χ4v) is 8.46. The van der Waals surface area contributed by atoms with Crippen LogP contribution in [-0.4, -0.2) is 68.5 Å². The van der Waals surface area contributed by atoms with Crippen molar-refractivity contribution in [2.75, 3.05) is 40.9 Å². The molecule has 8 nitrogen and oxygen atoms in total. The number of hydrogen-bond donors (Lipinski definition) is 2. The molecule has 0 aromatic carbocycles. The normalized spacial score (nSPS) is 14.7. The van der Waals surface area contributed by atoms with E-state index in [2.05, 4.69) is 116 Å². The van der Waals surface area contributed by atoms with Crippen molar-refractivity contribution in [3.05, 3.63) is 109 Å². The molecular weight excluding hydrogens is 900 g/mol. The third-order valence-corrected chi connectivity index (χ3v) is 13.2. The Labute approximate surface area is 438 Å². The predicted octanol–water partition coefficient (Wildman–Crippen LogP) is 17.0. The van der Waals surface area contributed by atoms with Gasteiger partial charge in [-0.1, -0.05) is 239 Å². The second-order valence-electron chi connectivity index (χ2n) is 20.3. The molecule has 0 heterocycles. The van der Waals surface area contributed by atoms with Crippen LogP contribution in [0.1, 0.15) is 226 Å². The van der Waals surface area contributed by atoms with E-state index in [9.17, 15) is 19.4 Å². The van der Waals surface area contributed by atoms with Crippen molar-refractivity contribution in [1.29, 1.82) is 0 Å². The molecular formula is C62H109N2O6P. The highest BCUT2D eigenvalue weighted by molar-refractivity contribution is 7.45. The summed E-state index contributed by atoms with van der Waals surface area (Å²) in [7, 11) is 1.23. The molecule has 0 aliphatic carbocycles. The Morgan fingerprint density at radius 1 is 0.507 bits per heavy atom. The molecule has 0 saturated carbocycles. The Bertz CT molecular complexity index is 1520. The number of aliphatic hydroxyl groups excluding tert-OH is 1. The summed E-state index contributed by atoms with van der Waals surface area (Å²) < 4.78 is 23.2. The highest BCUT2D eigenvalue weighted by atomic mass is 31.2. The lowest BCUT2D eigenvalue weighted by atomic mass is 10.0. The maximum absolute atomic E-state index is 12.9. The van der Waals surface area contributed by atoms with Gasteiger partial charge in [0.2, 0.25) is 5.91 Å². The first-order valence-corrected chi connectivity index (χ1v) is 30.2. The lowest BCUT2D eigenvalue weighted by Crippen LogP contribution is -2.45. The molecule has 3 unspecified atom stereocenters. The van der Waals surface area contributed by atoms with Gasteiger partial charge in [0, 0.05) is 6.42 Å². The Balaban J connectivity index is 4.04. The molecule has 1 amide bonds. The average molecular weight is 1010 g/mol. The van der Waals surface area contributed by atoms with E-state index in [-0.39, 0.29) is 12.5 Å². The van der Waals surface area contributed by atoms with Gasteiger partial charge in [-0.25, -0.2) is 0 Å². The maximum atomic E-state index is 12.9. The Kier molecular flexibility index (Phi) is 50.0. The minimum absolute atomic E-state index is 0.0101. The summed E-state index contributed by atoms with van der Waals surface area (Å²) in [5, 5.41) is 13.8. The van der Waals surface area contributed by atoms with Gasteiger partial charge in [0.25, 0.3) is 7.82 Å². The lowest BCUT2D eigenvalue weighted by molar-refractivity contribution is -0.870. The van der Waals surface area contributed by atoms with Crippen LogP contribution in [-0.2, 0) is 18.4 Å². The molecule has 9 heteroatoms. The zero-order valence-corrected chi connectivity index (χ0v) is 47.3. The minimum Gasteiger partial charge on any atom is -0.756 e. The summed E-state index contributed by atoms with van der Waals surface area (Å²) in [6, 6.07) is -0.907. The average Bonchev–Trinajstić information content (AvgIpc) is 3.33. The number of hydrogen-bond acceptors (Lipinski definition) is 6. The van der Waals surface area contributed by atoms with E-state index in [4.69, 9.17) is 9.05 Å². The van der Waals surface area contributed by atoms with Crippen LogP contribution in [0.3, 0.4) is 0 Å². The van der Waals surface area contributed by atoms with Gasteiger partial charge in [-0.15, -0.1) is 0 Å². The van der Waals surface area contributed by atoms with Crippen molar-refractivity contribution in [3.8, 4) is 0 Å². The first-order chi connectivity index (χ1) is 34.5. The van der Waals surface area contributed by atoms with Crippen LogP contribution in [0.2, 0.25) is 0 Å². The number of nitrogens with zero attached hydrogens (tertiary/aromatic N) is 1. The fourth-order valence-electron chi connectivity index (χ4n) is 7.74. The van der Waals surface area contributed by atoms with E-state index in [0.29, 0.717) is 17.4 Å². The van der Waals surface area contributed by atoms with Crippen LogP contribution in [0.15, 0.2) is 109 Å². The van der Waals surface area contributed by atoms with E-state index in [1.165, 1.54) is 122 Å². The third kappa shape index (κ3) is 54.8. The van der Waals surface area contributed by atoms with Gasteiger partial charge in [0.05, 0.1) is 39.9 Å². The van der Waals surface area contributed by atoms with Crippen molar-refractivity contribution in [2.24, 2.45) is 0 Å². The van der Waals surface area contributed by atoms with E-state index in [1.807, 2.05) is 27.2 Å². The molecule has 0 rings (SSSR count). The molecule has 408 valence electrons. The molecule has 0 bridgehead atoms. The van der Waals surface area contributed by atoms with E-state index >= 15 is 0 Å². The summed E-state index contributed by atoms with van der Waals surface area (Å²) in [6.45, 7) is 4.48. The highest BCUT2D eigenvalue weighted by Gasteiger charge is 2.23. The first kappa shape index (κ1) is 68.2. The number of carbonyl (C=O) groups excluding carboxylic acids is 1. The highest BCUT2D eigenvalue weighted by Crippen LogP contribution is 2.38. The molecule has 2 N–H and O–H groups in total. The number of quaternary nitrogens is 1. The van der Waals surface area contributed by atoms with Gasteiger partial charge in [-0.3, -0.25) is 9.36 Å². The van der Waals surface area contributed by atoms with E-state index < -0.39 is 26.6 Å². The standard InChI is InChI=1S/C62H109N2O6P/c1-6-8-10-12-14-16-18-20-21-22-23-24-25-26-27-28-29-30-31-32-33-34-35-36-37-38-39-40-41-42-43-44-46-48-50-52-54-56-62(66)63-60(59-70-71(67,68)69-58-57-64(3,4)5)61(65)55-53-51-49-47-45-19-17-15-13-11-9-7-2/h8,10,14,16,20-21,23-24,26-27,29-30,32-33,45,47,53,55,60-61,65H,6-7,9,11-13,15,17-19,22,25,28,31,34-44,46,48-52,54,56-59H2,1-5H3,(H-,63,66,67,68)/b10-8-,16-14-,21-20-,24-23-,27-26-,30-29-,33-32-,47-45+,55-53+. The van der Waals surface area contributed by atoms with Crippen LogP contribution in [0.25, 0.3) is 0 Å². The fraction of sp³-hybridized carbons (Fsp3) is 0.694. The summed E-state index contributed by atoms with van der Waals surface area (Å²) in [5.41, 5.74) is 0. The van der Waals surface area contributed by atoms with Crippen molar-refractivity contribution in [3.63, 3.8) is 0 Å². The molecule has 0 aliphatic heterocycles. The van der Waals surface area contributed by atoms with Gasteiger partial charge in [0.1, 0.15) is 13.2 Å². The lowest BCUT2D eigenvalue weighted by Gasteiger charge is -2.29. The number of nitrogens with one attached hydrogen (secondary N) is 1. The number of carbonyl (C=O) groups is 1. The minimum atomic E-state index is -4.60. The SMILES string of the molecule is CC/C=C\C/C=C\C/C=C\C/C=C\C/C=C\C/C=C\C/C=C\CCCCCCCCCCCCCCCCCC(=O)NC(COP(=O)([O-])OCC[N+](C)(C)C)C(O)/C=C/CC/C=C/CCCCCCCC. The molecule has 0 aliphatic rings. The maximum Gasteiger partial charge on any atom is 0.268 e. The molecule has 0 fully saturated rings. The number of aliphatic hydroxyl groups is 1. The zero-order chi connectivity index (χ0) is 52.0. The molecule has 3 atom stereocenters. The van der Waals surface area contributed by atoms with Gasteiger partial charge in [-0.05, 0) is 89.9 Å². The first-order valence-electron chi connectivity index (χ1n) is 28.7. The topological polar surface area (TPSA) is 108 Å². The van der Waals surface area contributed by atoms with Gasteiger partial charge < -0.3 is 28.8 Å². The van der Waals surface area contributed by atoms with E-state index in [0.717, 1.165) is 83.5 Å². The smallest absolute Gasteiger partial charge is 0.268 e. The zero-order valence-electron chi connectivity index (χ0n) is 46.4. The Morgan fingerprint density at radius 2 is 0.873 bits per heavy atom. The molecule has 0 aromatic rings. The number of rotatable bonds is 51. The molecule has 71 heavy (non-hydrogen) atoms. The summed E-state index contributed by atoms with van der Waals surface area (Å²) >= 11 is 0. The van der Waals surface area contributed by atoms with Crippen LogP contribution < -0.4 is 10.2 Å². The summed E-state index contributed by atoms with van der Waals surface area (Å²) in [6.07, 6.45) is 76.1.